The molecule has 1 amide bonds. The summed E-state index contributed by atoms with van der Waals surface area (Å²) < 4.78 is 6.44. The summed E-state index contributed by atoms with van der Waals surface area (Å²) in [5, 5.41) is 21.2. The third-order valence-corrected chi connectivity index (χ3v) is 3.01. The lowest BCUT2D eigenvalue weighted by Gasteiger charge is -2.17. The van der Waals surface area contributed by atoms with Gasteiger partial charge in [-0.05, 0) is 6.07 Å². The van der Waals surface area contributed by atoms with Gasteiger partial charge in [-0.2, -0.15) is 4.98 Å². The van der Waals surface area contributed by atoms with Crippen molar-refractivity contribution in [3.63, 3.8) is 0 Å². The van der Waals surface area contributed by atoms with Crippen molar-refractivity contribution in [3.05, 3.63) is 22.7 Å². The van der Waals surface area contributed by atoms with E-state index >= 15 is 0 Å². The maximum Gasteiger partial charge on any atom is 0.351 e. The highest BCUT2D eigenvalue weighted by Gasteiger charge is 2.42. The standard InChI is InChI=1S/C11H16N4O5/c1-5(17)13-7-2-3-15(11(19)14-7)10-8(12)9(18)6(4-16)20-10/h2-3,6,8-10,16,18H,4,12H2,1H3,(H,13,14,17,19)/t6-,8+,9-,10-/m1/s1. The lowest BCUT2D eigenvalue weighted by molar-refractivity contribution is -0.114. The number of ether oxygens (including phenoxy) is 1. The second-order valence-corrected chi connectivity index (χ2v) is 4.50. The fourth-order valence-electron chi connectivity index (χ4n) is 2.03. The zero-order valence-electron chi connectivity index (χ0n) is 10.8. The lowest BCUT2D eigenvalue weighted by Crippen LogP contribution is -2.42. The van der Waals surface area contributed by atoms with Crippen LogP contribution < -0.4 is 16.7 Å². The van der Waals surface area contributed by atoms with Gasteiger partial charge in [-0.1, -0.05) is 0 Å². The van der Waals surface area contributed by atoms with E-state index in [1.54, 1.807) is 0 Å². The summed E-state index contributed by atoms with van der Waals surface area (Å²) in [6.45, 7) is 0.892. The summed E-state index contributed by atoms with van der Waals surface area (Å²) in [4.78, 5) is 26.4. The van der Waals surface area contributed by atoms with E-state index in [9.17, 15) is 14.7 Å². The SMILES string of the molecule is CC(=O)Nc1ccn([C@@H]2O[C@H](CO)[C@@H](O)[C@@H]2N)c(=O)n1. The Hall–Kier alpha value is -1.81. The highest BCUT2D eigenvalue weighted by Crippen LogP contribution is 2.26. The van der Waals surface area contributed by atoms with Gasteiger partial charge in [0.25, 0.3) is 0 Å². The molecule has 1 aliphatic heterocycles. The van der Waals surface area contributed by atoms with Crippen LogP contribution >= 0.6 is 0 Å². The van der Waals surface area contributed by atoms with Crippen LogP contribution in [0.15, 0.2) is 17.1 Å². The van der Waals surface area contributed by atoms with Crippen LogP contribution in [0.4, 0.5) is 5.82 Å². The molecule has 1 aromatic heterocycles. The molecule has 1 aromatic rings. The van der Waals surface area contributed by atoms with E-state index < -0.39 is 36.8 Å². The van der Waals surface area contributed by atoms with Gasteiger partial charge >= 0.3 is 5.69 Å². The number of amides is 1. The zero-order valence-corrected chi connectivity index (χ0v) is 10.8. The van der Waals surface area contributed by atoms with E-state index in [1.165, 1.54) is 19.2 Å². The predicted molar refractivity (Wildman–Crippen MR) is 67.8 cm³/mol. The molecule has 0 spiro atoms. The molecule has 4 atom stereocenters. The second-order valence-electron chi connectivity index (χ2n) is 4.50. The van der Waals surface area contributed by atoms with Crippen molar-refractivity contribution >= 4 is 11.7 Å². The van der Waals surface area contributed by atoms with Gasteiger partial charge in [0.15, 0.2) is 6.23 Å². The minimum absolute atomic E-state index is 0.115. The van der Waals surface area contributed by atoms with Crippen molar-refractivity contribution in [1.82, 2.24) is 9.55 Å². The normalized spacial score (nSPS) is 29.4. The highest BCUT2D eigenvalue weighted by molar-refractivity contribution is 5.87. The number of nitrogens with one attached hydrogen (secondary N) is 1. The van der Waals surface area contributed by atoms with Gasteiger partial charge in [0.2, 0.25) is 5.91 Å². The molecular weight excluding hydrogens is 268 g/mol. The van der Waals surface area contributed by atoms with E-state index in [0.29, 0.717) is 0 Å². The Morgan fingerprint density at radius 3 is 2.85 bits per heavy atom. The number of nitrogens with two attached hydrogens (primary N) is 1. The molecule has 0 radical (unpaired) electrons. The Balaban J connectivity index is 2.26. The molecular formula is C11H16N4O5. The van der Waals surface area contributed by atoms with Crippen LogP contribution in [0.5, 0.6) is 0 Å². The average molecular weight is 284 g/mol. The number of anilines is 1. The maximum atomic E-state index is 11.9. The molecule has 1 aliphatic rings. The Labute approximate surface area is 114 Å². The first-order valence-electron chi connectivity index (χ1n) is 6.00. The predicted octanol–water partition coefficient (Wildman–Crippen LogP) is -2.22. The van der Waals surface area contributed by atoms with Crippen LogP contribution in [-0.2, 0) is 9.53 Å². The highest BCUT2D eigenvalue weighted by atomic mass is 16.5. The number of carbonyl (C=O) groups excluding carboxylic acids is 1. The van der Waals surface area contributed by atoms with Gasteiger partial charge in [-0.25, -0.2) is 4.79 Å². The average Bonchev–Trinajstić information content (AvgIpc) is 2.66. The molecule has 110 valence electrons. The first kappa shape index (κ1) is 14.6. The molecule has 20 heavy (non-hydrogen) atoms. The minimum Gasteiger partial charge on any atom is -0.394 e. The first-order chi connectivity index (χ1) is 9.43. The van der Waals surface area contributed by atoms with Crippen molar-refractivity contribution in [2.75, 3.05) is 11.9 Å². The van der Waals surface area contributed by atoms with Crippen LogP contribution in [0.2, 0.25) is 0 Å². The fourth-order valence-corrected chi connectivity index (χ4v) is 2.03. The van der Waals surface area contributed by atoms with E-state index in [-0.39, 0.29) is 11.7 Å². The lowest BCUT2D eigenvalue weighted by atomic mass is 10.1. The smallest absolute Gasteiger partial charge is 0.351 e. The van der Waals surface area contributed by atoms with Crippen molar-refractivity contribution in [2.24, 2.45) is 5.73 Å². The summed E-state index contributed by atoms with van der Waals surface area (Å²) in [5.74, 6) is -0.233. The summed E-state index contributed by atoms with van der Waals surface area (Å²) >= 11 is 0. The molecule has 2 rings (SSSR count). The van der Waals surface area contributed by atoms with E-state index in [1.807, 2.05) is 0 Å². The number of nitrogens with zero attached hydrogens (tertiary/aromatic N) is 2. The third-order valence-electron chi connectivity index (χ3n) is 3.01. The topological polar surface area (TPSA) is 140 Å². The van der Waals surface area contributed by atoms with Crippen LogP contribution in [0.3, 0.4) is 0 Å². The van der Waals surface area contributed by atoms with Gasteiger partial charge in [-0.3, -0.25) is 9.36 Å². The number of aromatic nitrogens is 2. The Kier molecular flexibility index (Phi) is 4.14. The van der Waals surface area contributed by atoms with Gasteiger partial charge in [0.1, 0.15) is 18.0 Å². The molecule has 9 nitrogen and oxygen atoms in total. The molecule has 0 saturated carbocycles. The first-order valence-corrected chi connectivity index (χ1v) is 6.00. The van der Waals surface area contributed by atoms with Crippen molar-refractivity contribution in [3.8, 4) is 0 Å². The summed E-state index contributed by atoms with van der Waals surface area (Å²) in [6, 6.07) is 0.552. The molecule has 5 N–H and O–H groups in total. The van der Waals surface area contributed by atoms with Crippen molar-refractivity contribution < 1.29 is 19.7 Å². The van der Waals surface area contributed by atoms with Gasteiger partial charge in [0.05, 0.1) is 12.6 Å². The number of aliphatic hydroxyl groups is 2. The van der Waals surface area contributed by atoms with Crippen LogP contribution in [0, 0.1) is 0 Å². The molecule has 2 heterocycles. The van der Waals surface area contributed by atoms with Gasteiger partial charge < -0.3 is 26.0 Å². The van der Waals surface area contributed by atoms with E-state index in [4.69, 9.17) is 15.6 Å². The van der Waals surface area contributed by atoms with Gasteiger partial charge in [-0.15, -0.1) is 0 Å². The molecule has 1 fully saturated rings. The van der Waals surface area contributed by atoms with Crippen LogP contribution in [-0.4, -0.2) is 50.5 Å². The van der Waals surface area contributed by atoms with Gasteiger partial charge in [0, 0.05) is 13.1 Å². The number of rotatable bonds is 3. The summed E-state index contributed by atoms with van der Waals surface area (Å²) in [7, 11) is 0. The molecule has 0 aliphatic carbocycles. The third kappa shape index (κ3) is 2.70. The maximum absolute atomic E-state index is 11.9. The zero-order chi connectivity index (χ0) is 14.9. The van der Waals surface area contributed by atoms with Crippen LogP contribution in [0.25, 0.3) is 0 Å². The summed E-state index contributed by atoms with van der Waals surface area (Å²) in [5.41, 5.74) is 5.09. The second kappa shape index (κ2) is 5.67. The number of aliphatic hydroxyl groups excluding tert-OH is 2. The molecule has 1 saturated heterocycles. The van der Waals surface area contributed by atoms with E-state index in [2.05, 4.69) is 10.3 Å². The number of hydrogen-bond acceptors (Lipinski definition) is 7. The Bertz CT molecular complexity index is 560. The van der Waals surface area contributed by atoms with Crippen molar-refractivity contribution in [1.29, 1.82) is 0 Å². The quantitative estimate of drug-likeness (QED) is 0.493. The van der Waals surface area contributed by atoms with Crippen molar-refractivity contribution in [2.45, 2.75) is 31.4 Å². The Morgan fingerprint density at radius 2 is 2.35 bits per heavy atom. The van der Waals surface area contributed by atoms with Crippen LogP contribution in [0.1, 0.15) is 13.2 Å². The molecule has 9 heteroatoms. The number of carbonyl (C=O) groups is 1. The molecule has 0 aromatic carbocycles. The van der Waals surface area contributed by atoms with E-state index in [0.717, 1.165) is 4.57 Å². The summed E-state index contributed by atoms with van der Waals surface area (Å²) in [6.07, 6.45) is -1.49. The minimum atomic E-state index is -1.08. The monoisotopic (exact) mass is 284 g/mol. The fraction of sp³-hybridized carbons (Fsp3) is 0.545. The largest absolute Gasteiger partial charge is 0.394 e. The number of hydrogen-bond donors (Lipinski definition) is 4. The molecule has 0 unspecified atom stereocenters. The Morgan fingerprint density at radius 1 is 1.65 bits per heavy atom. The molecule has 0 bridgehead atoms.